The molecule has 33 heavy (non-hydrogen) atoms. The lowest BCUT2D eigenvalue weighted by atomic mass is 9.67. The number of para-hydroxylation sites is 1. The number of anilines is 2. The van der Waals surface area contributed by atoms with E-state index in [9.17, 15) is 9.59 Å². The molecule has 3 aromatic carbocycles. The maximum absolute atomic E-state index is 12.9. The molecule has 0 atom stereocenters. The van der Waals surface area contributed by atoms with Gasteiger partial charge in [0.15, 0.2) is 0 Å². The van der Waals surface area contributed by atoms with Gasteiger partial charge in [-0.3, -0.25) is 4.79 Å². The number of ketones is 1. The van der Waals surface area contributed by atoms with E-state index in [4.69, 9.17) is 0 Å². The van der Waals surface area contributed by atoms with Gasteiger partial charge in [0.1, 0.15) is 5.78 Å². The molecule has 0 spiro atoms. The first-order valence-corrected chi connectivity index (χ1v) is 11.7. The number of rotatable bonds is 6. The summed E-state index contributed by atoms with van der Waals surface area (Å²) in [5, 5.41) is 5.71. The van der Waals surface area contributed by atoms with Gasteiger partial charge < -0.3 is 10.6 Å². The molecule has 0 aromatic heterocycles. The van der Waals surface area contributed by atoms with Crippen LogP contribution in [0.1, 0.15) is 49.3 Å². The zero-order chi connectivity index (χ0) is 23.3. The lowest BCUT2D eigenvalue weighted by molar-refractivity contribution is -0.123. The molecule has 1 fully saturated rings. The monoisotopic (exact) mass is 440 g/mol. The van der Waals surface area contributed by atoms with E-state index < -0.39 is 0 Å². The predicted molar refractivity (Wildman–Crippen MR) is 135 cm³/mol. The van der Waals surface area contributed by atoms with E-state index in [0.717, 1.165) is 42.5 Å². The fourth-order valence-corrected chi connectivity index (χ4v) is 4.76. The third-order valence-electron chi connectivity index (χ3n) is 7.00. The van der Waals surface area contributed by atoms with Crippen molar-refractivity contribution >= 4 is 23.2 Å². The van der Waals surface area contributed by atoms with Crippen LogP contribution in [-0.2, 0) is 16.6 Å². The average Bonchev–Trinajstić information content (AvgIpc) is 2.83. The third kappa shape index (κ3) is 5.70. The molecule has 0 aliphatic heterocycles. The zero-order valence-corrected chi connectivity index (χ0v) is 19.4. The number of nitrogens with one attached hydrogen (secondary N) is 2. The van der Waals surface area contributed by atoms with E-state index in [-0.39, 0.29) is 17.4 Å². The summed E-state index contributed by atoms with van der Waals surface area (Å²) in [5.74, 6) is 0.461. The minimum atomic E-state index is -0.281. The molecule has 2 N–H and O–H groups in total. The van der Waals surface area contributed by atoms with Crippen LogP contribution < -0.4 is 10.6 Å². The zero-order valence-electron chi connectivity index (χ0n) is 19.4. The molecule has 0 bridgehead atoms. The second-order valence-corrected chi connectivity index (χ2v) is 9.44. The van der Waals surface area contributed by atoms with Gasteiger partial charge in [0.05, 0.1) is 0 Å². The van der Waals surface area contributed by atoms with Crippen LogP contribution in [0.2, 0.25) is 0 Å². The van der Waals surface area contributed by atoms with E-state index in [0.29, 0.717) is 17.9 Å². The molecule has 1 aliphatic rings. The van der Waals surface area contributed by atoms with Gasteiger partial charge in [-0.1, -0.05) is 67.6 Å². The predicted octanol–water partition coefficient (Wildman–Crippen LogP) is 6.90. The van der Waals surface area contributed by atoms with Crippen LogP contribution in [0.4, 0.5) is 16.2 Å². The molecule has 0 saturated heterocycles. The molecule has 0 unspecified atom stereocenters. The largest absolute Gasteiger partial charge is 0.323 e. The number of benzene rings is 3. The molecule has 4 heteroatoms. The van der Waals surface area contributed by atoms with E-state index in [1.165, 1.54) is 5.56 Å². The molecular formula is C29H32N2O2. The number of hydrogen-bond donors (Lipinski definition) is 2. The van der Waals surface area contributed by atoms with Crippen molar-refractivity contribution in [3.8, 4) is 0 Å². The van der Waals surface area contributed by atoms with Crippen LogP contribution in [0, 0.1) is 12.8 Å². The van der Waals surface area contributed by atoms with E-state index >= 15 is 0 Å². The topological polar surface area (TPSA) is 58.2 Å². The minimum absolute atomic E-state index is 0.138. The lowest BCUT2D eigenvalue weighted by Crippen LogP contribution is -2.32. The first kappa shape index (κ1) is 22.8. The number of urea groups is 1. The van der Waals surface area contributed by atoms with Crippen molar-refractivity contribution < 1.29 is 9.59 Å². The van der Waals surface area contributed by atoms with E-state index in [1.807, 2.05) is 55.5 Å². The molecule has 170 valence electrons. The Labute approximate surface area is 196 Å². The quantitative estimate of drug-likeness (QED) is 0.438. The van der Waals surface area contributed by atoms with Crippen molar-refractivity contribution in [3.63, 3.8) is 0 Å². The highest BCUT2D eigenvalue weighted by Gasteiger charge is 2.34. The fourth-order valence-electron chi connectivity index (χ4n) is 4.76. The Morgan fingerprint density at radius 2 is 1.48 bits per heavy atom. The minimum Gasteiger partial charge on any atom is -0.308 e. The number of Topliss-reactive ketones (excluding diaryl/α,β-unsaturated/α-hetero) is 1. The number of aryl methyl sites for hydroxylation is 1. The van der Waals surface area contributed by atoms with E-state index in [2.05, 4.69) is 47.9 Å². The molecular weight excluding hydrogens is 408 g/mol. The van der Waals surface area contributed by atoms with Crippen LogP contribution in [0.5, 0.6) is 0 Å². The molecule has 4 nitrogen and oxygen atoms in total. The van der Waals surface area contributed by atoms with Crippen molar-refractivity contribution in [2.24, 2.45) is 5.92 Å². The average molecular weight is 441 g/mol. The summed E-state index contributed by atoms with van der Waals surface area (Å²) >= 11 is 0. The number of amides is 2. The van der Waals surface area contributed by atoms with E-state index in [1.54, 1.807) is 0 Å². The van der Waals surface area contributed by atoms with Crippen LogP contribution >= 0.6 is 0 Å². The Kier molecular flexibility index (Phi) is 6.93. The van der Waals surface area contributed by atoms with Gasteiger partial charge in [-0.05, 0) is 72.9 Å². The van der Waals surface area contributed by atoms with Crippen molar-refractivity contribution in [2.75, 3.05) is 10.6 Å². The van der Waals surface area contributed by atoms with Crippen LogP contribution in [0.3, 0.4) is 0 Å². The third-order valence-corrected chi connectivity index (χ3v) is 7.00. The molecule has 0 heterocycles. The Bertz CT molecular complexity index is 1100. The maximum atomic E-state index is 12.9. The highest BCUT2D eigenvalue weighted by atomic mass is 16.2. The fraction of sp³-hybridized carbons (Fsp3) is 0.310. The highest BCUT2D eigenvalue weighted by molar-refractivity contribution is 6.00. The summed E-state index contributed by atoms with van der Waals surface area (Å²) < 4.78 is 0. The highest BCUT2D eigenvalue weighted by Crippen LogP contribution is 2.41. The van der Waals surface area contributed by atoms with Crippen molar-refractivity contribution in [2.45, 2.75) is 51.4 Å². The SMILES string of the molecule is Cc1ccccc1NC(=O)Nc1ccc(CC(=O)C2CCC(C)(c3ccccc3)CC2)cc1. The maximum Gasteiger partial charge on any atom is 0.323 e. The molecule has 1 saturated carbocycles. The summed E-state index contributed by atoms with van der Waals surface area (Å²) in [5.41, 5.74) is 5.03. The van der Waals surface area contributed by atoms with Gasteiger partial charge in [-0.2, -0.15) is 0 Å². The van der Waals surface area contributed by atoms with Gasteiger partial charge in [-0.15, -0.1) is 0 Å². The molecule has 1 aliphatic carbocycles. The summed E-state index contributed by atoms with van der Waals surface area (Å²) in [6, 6.07) is 25.6. The number of hydrogen-bond acceptors (Lipinski definition) is 2. The summed E-state index contributed by atoms with van der Waals surface area (Å²) in [7, 11) is 0. The first-order chi connectivity index (χ1) is 15.9. The van der Waals surface area contributed by atoms with Gasteiger partial charge >= 0.3 is 6.03 Å². The molecule has 0 radical (unpaired) electrons. The second-order valence-electron chi connectivity index (χ2n) is 9.44. The smallest absolute Gasteiger partial charge is 0.308 e. The summed E-state index contributed by atoms with van der Waals surface area (Å²) in [6.45, 7) is 4.28. The van der Waals surface area contributed by atoms with Crippen molar-refractivity contribution in [1.82, 2.24) is 0 Å². The van der Waals surface area contributed by atoms with Gasteiger partial charge in [-0.25, -0.2) is 4.79 Å². The first-order valence-electron chi connectivity index (χ1n) is 11.7. The normalized spacial score (nSPS) is 20.1. The van der Waals surface area contributed by atoms with Crippen molar-refractivity contribution in [3.05, 3.63) is 95.6 Å². The molecule has 3 aromatic rings. The Balaban J connectivity index is 1.28. The molecule has 4 rings (SSSR count). The Morgan fingerprint density at radius 3 is 2.15 bits per heavy atom. The van der Waals surface area contributed by atoms with Crippen LogP contribution in [0.15, 0.2) is 78.9 Å². The van der Waals surface area contributed by atoms with Crippen LogP contribution in [-0.4, -0.2) is 11.8 Å². The number of carbonyl (C=O) groups is 2. The summed E-state index contributed by atoms with van der Waals surface area (Å²) in [6.07, 6.45) is 4.44. The van der Waals surface area contributed by atoms with Crippen molar-refractivity contribution in [1.29, 1.82) is 0 Å². The van der Waals surface area contributed by atoms with Crippen LogP contribution in [0.25, 0.3) is 0 Å². The lowest BCUT2D eigenvalue weighted by Gasteiger charge is -2.37. The second kappa shape index (κ2) is 10.0. The van der Waals surface area contributed by atoms with Gasteiger partial charge in [0.25, 0.3) is 0 Å². The Hall–Kier alpha value is -3.40. The van der Waals surface area contributed by atoms with Gasteiger partial charge in [0, 0.05) is 23.7 Å². The Morgan fingerprint density at radius 1 is 0.848 bits per heavy atom. The number of carbonyl (C=O) groups excluding carboxylic acids is 2. The molecule has 2 amide bonds. The standard InChI is InChI=1S/C29H32N2O2/c1-21-8-6-7-11-26(21)31-28(33)30-25-14-12-22(13-15-25)20-27(32)23-16-18-29(2,19-17-23)24-9-4-3-5-10-24/h3-15,23H,16-20H2,1-2H3,(H2,30,31,33). The summed E-state index contributed by atoms with van der Waals surface area (Å²) in [4.78, 5) is 25.2. The van der Waals surface area contributed by atoms with Gasteiger partial charge in [0.2, 0.25) is 0 Å².